The third-order valence-electron chi connectivity index (χ3n) is 4.22. The topological polar surface area (TPSA) is 55.1 Å². The highest BCUT2D eigenvalue weighted by Gasteiger charge is 2.16. The second-order valence-corrected chi connectivity index (χ2v) is 7.31. The van der Waals surface area contributed by atoms with Crippen LogP contribution < -0.4 is 5.56 Å². The summed E-state index contributed by atoms with van der Waals surface area (Å²) in [5, 5.41) is 19.1. The van der Waals surface area contributed by atoms with Crippen LogP contribution in [0.1, 0.15) is 11.7 Å². The van der Waals surface area contributed by atoms with Crippen molar-refractivity contribution < 1.29 is 5.11 Å². The number of thiophene rings is 1. The van der Waals surface area contributed by atoms with E-state index < -0.39 is 6.10 Å². The van der Waals surface area contributed by atoms with Gasteiger partial charge in [-0.25, -0.2) is 4.68 Å². The quantitative estimate of drug-likeness (QED) is 0.565. The number of hydrogen-bond donors (Lipinski definition) is 1. The van der Waals surface area contributed by atoms with Gasteiger partial charge in [-0.15, -0.1) is 11.3 Å². The highest BCUT2D eigenvalue weighted by molar-refractivity contribution is 7.13. The number of halogens is 1. The van der Waals surface area contributed by atoms with E-state index in [1.165, 1.54) is 4.68 Å². The van der Waals surface area contributed by atoms with Gasteiger partial charge >= 0.3 is 0 Å². The Bertz CT molecular complexity index is 1110. The maximum Gasteiger partial charge on any atom is 0.274 e. The summed E-state index contributed by atoms with van der Waals surface area (Å²) in [4.78, 5) is 13.8. The number of aliphatic hydroxyl groups excluding tert-OH is 1. The molecule has 0 saturated carbocycles. The third kappa shape index (κ3) is 3.17. The lowest BCUT2D eigenvalue weighted by Crippen LogP contribution is -2.26. The molecule has 0 aliphatic rings. The van der Waals surface area contributed by atoms with Crippen LogP contribution in [-0.4, -0.2) is 14.9 Å². The lowest BCUT2D eigenvalue weighted by molar-refractivity contribution is 0.150. The SMILES string of the molecule is O=c1c2ccccc2c(-c2cccs2)nn1CC(O)c1ccc(Cl)cc1. The molecule has 0 aliphatic heterocycles. The molecule has 6 heteroatoms. The van der Waals surface area contributed by atoms with Crippen molar-refractivity contribution in [3.05, 3.63) is 87.0 Å². The summed E-state index contributed by atoms with van der Waals surface area (Å²) in [5.74, 6) is 0. The zero-order valence-electron chi connectivity index (χ0n) is 13.7. The minimum absolute atomic E-state index is 0.0731. The van der Waals surface area contributed by atoms with Gasteiger partial charge in [-0.1, -0.05) is 48.0 Å². The summed E-state index contributed by atoms with van der Waals surface area (Å²) in [6, 6.07) is 18.3. The smallest absolute Gasteiger partial charge is 0.274 e. The Kier molecular flexibility index (Phi) is 4.59. The first kappa shape index (κ1) is 17.0. The molecule has 4 nitrogen and oxygen atoms in total. The molecule has 0 amide bonds. The van der Waals surface area contributed by atoms with Crippen LogP contribution in [0.15, 0.2) is 70.8 Å². The predicted octanol–water partition coefficient (Wildman–Crippen LogP) is 4.51. The van der Waals surface area contributed by atoms with Gasteiger partial charge in [-0.2, -0.15) is 5.10 Å². The molecule has 0 fully saturated rings. The molecule has 4 aromatic rings. The number of benzene rings is 2. The van der Waals surface area contributed by atoms with Gasteiger partial charge in [0.25, 0.3) is 5.56 Å². The maximum atomic E-state index is 12.8. The van der Waals surface area contributed by atoms with E-state index in [1.54, 1.807) is 41.7 Å². The third-order valence-corrected chi connectivity index (χ3v) is 5.35. The van der Waals surface area contributed by atoms with Crippen molar-refractivity contribution in [1.82, 2.24) is 9.78 Å². The minimum atomic E-state index is -0.852. The molecule has 1 atom stereocenters. The normalized spacial score (nSPS) is 12.4. The largest absolute Gasteiger partial charge is 0.386 e. The fourth-order valence-corrected chi connectivity index (χ4v) is 3.76. The average Bonchev–Trinajstić information content (AvgIpc) is 3.19. The Balaban J connectivity index is 1.81. The first-order valence-electron chi connectivity index (χ1n) is 8.11. The molecule has 26 heavy (non-hydrogen) atoms. The molecule has 0 bridgehead atoms. The highest BCUT2D eigenvalue weighted by atomic mass is 35.5. The van der Waals surface area contributed by atoms with E-state index in [9.17, 15) is 9.90 Å². The molecular formula is C20H15ClN2O2S. The van der Waals surface area contributed by atoms with Crippen LogP contribution in [0.3, 0.4) is 0 Å². The summed E-state index contributed by atoms with van der Waals surface area (Å²) in [5.41, 5.74) is 1.22. The van der Waals surface area contributed by atoms with Gasteiger partial charge in [-0.05, 0) is 35.2 Å². The number of nitrogens with zero attached hydrogens (tertiary/aromatic N) is 2. The maximum absolute atomic E-state index is 12.8. The monoisotopic (exact) mass is 382 g/mol. The summed E-state index contributed by atoms with van der Waals surface area (Å²) in [6.07, 6.45) is -0.852. The van der Waals surface area contributed by atoms with Crippen molar-refractivity contribution in [3.8, 4) is 10.6 Å². The molecule has 130 valence electrons. The molecule has 2 aromatic heterocycles. The lowest BCUT2D eigenvalue weighted by Gasteiger charge is -2.14. The molecule has 1 unspecified atom stereocenters. The zero-order valence-corrected chi connectivity index (χ0v) is 15.2. The van der Waals surface area contributed by atoms with Gasteiger partial charge in [-0.3, -0.25) is 4.79 Å². The van der Waals surface area contributed by atoms with E-state index in [2.05, 4.69) is 5.10 Å². The molecule has 0 aliphatic carbocycles. The number of rotatable bonds is 4. The van der Waals surface area contributed by atoms with Crippen molar-refractivity contribution in [2.45, 2.75) is 12.6 Å². The zero-order chi connectivity index (χ0) is 18.1. The van der Waals surface area contributed by atoms with E-state index in [0.29, 0.717) is 16.0 Å². The molecule has 4 rings (SSSR count). The molecule has 2 heterocycles. The Morgan fingerprint density at radius 1 is 1.04 bits per heavy atom. The number of hydrogen-bond acceptors (Lipinski definition) is 4. The molecule has 2 aromatic carbocycles. The van der Waals surface area contributed by atoms with Crippen LogP contribution >= 0.6 is 22.9 Å². The highest BCUT2D eigenvalue weighted by Crippen LogP contribution is 2.28. The van der Waals surface area contributed by atoms with E-state index in [0.717, 1.165) is 16.0 Å². The standard InChI is InChI=1S/C20H15ClN2O2S/c21-14-9-7-13(8-10-14)17(24)12-23-20(25)16-5-2-1-4-15(16)19(22-23)18-6-3-11-26-18/h1-11,17,24H,12H2. The van der Waals surface area contributed by atoms with Crippen LogP contribution in [0, 0.1) is 0 Å². The average molecular weight is 383 g/mol. The molecule has 1 N–H and O–H groups in total. The van der Waals surface area contributed by atoms with Crippen LogP contribution in [-0.2, 0) is 6.54 Å². The van der Waals surface area contributed by atoms with Crippen molar-refractivity contribution in [2.24, 2.45) is 0 Å². The summed E-state index contributed by atoms with van der Waals surface area (Å²) in [6.45, 7) is 0.0731. The summed E-state index contributed by atoms with van der Waals surface area (Å²) in [7, 11) is 0. The Morgan fingerprint density at radius 2 is 1.77 bits per heavy atom. The van der Waals surface area contributed by atoms with Crippen molar-refractivity contribution >= 4 is 33.7 Å². The van der Waals surface area contributed by atoms with Gasteiger partial charge in [0.15, 0.2) is 0 Å². The molecule has 0 spiro atoms. The van der Waals surface area contributed by atoms with Crippen LogP contribution in [0.5, 0.6) is 0 Å². The Labute approximate surface area is 158 Å². The Morgan fingerprint density at radius 3 is 2.46 bits per heavy atom. The second-order valence-electron chi connectivity index (χ2n) is 5.93. The molecular weight excluding hydrogens is 368 g/mol. The second kappa shape index (κ2) is 7.03. The lowest BCUT2D eigenvalue weighted by atomic mass is 10.1. The first-order valence-corrected chi connectivity index (χ1v) is 9.36. The van der Waals surface area contributed by atoms with Gasteiger partial charge in [0.1, 0.15) is 5.69 Å². The summed E-state index contributed by atoms with van der Waals surface area (Å²) < 4.78 is 1.34. The van der Waals surface area contributed by atoms with Crippen molar-refractivity contribution in [2.75, 3.05) is 0 Å². The molecule has 0 radical (unpaired) electrons. The van der Waals surface area contributed by atoms with E-state index >= 15 is 0 Å². The first-order chi connectivity index (χ1) is 12.6. The van der Waals surface area contributed by atoms with Gasteiger partial charge in [0.05, 0.1) is 22.9 Å². The summed E-state index contributed by atoms with van der Waals surface area (Å²) >= 11 is 7.46. The van der Waals surface area contributed by atoms with Gasteiger partial charge in [0, 0.05) is 10.4 Å². The van der Waals surface area contributed by atoms with Crippen molar-refractivity contribution in [3.63, 3.8) is 0 Å². The fourth-order valence-electron chi connectivity index (χ4n) is 2.91. The van der Waals surface area contributed by atoms with E-state index in [-0.39, 0.29) is 12.1 Å². The van der Waals surface area contributed by atoms with Gasteiger partial charge < -0.3 is 5.11 Å². The van der Waals surface area contributed by atoms with Crippen LogP contribution in [0.4, 0.5) is 0 Å². The van der Waals surface area contributed by atoms with Gasteiger partial charge in [0.2, 0.25) is 0 Å². The number of aliphatic hydroxyl groups is 1. The minimum Gasteiger partial charge on any atom is -0.386 e. The van der Waals surface area contributed by atoms with Crippen LogP contribution in [0.25, 0.3) is 21.3 Å². The number of fused-ring (bicyclic) bond motifs is 1. The number of aromatic nitrogens is 2. The van der Waals surface area contributed by atoms with E-state index in [1.807, 2.05) is 35.7 Å². The molecule has 0 saturated heterocycles. The van der Waals surface area contributed by atoms with Crippen LogP contribution in [0.2, 0.25) is 5.02 Å². The van der Waals surface area contributed by atoms with Crippen molar-refractivity contribution in [1.29, 1.82) is 0 Å². The Hall–Kier alpha value is -2.47. The fraction of sp³-hybridized carbons (Fsp3) is 0.100. The predicted molar refractivity (Wildman–Crippen MR) is 106 cm³/mol. The van der Waals surface area contributed by atoms with E-state index in [4.69, 9.17) is 11.6 Å².